The van der Waals surface area contributed by atoms with Crippen LogP contribution in [0.15, 0.2) is 24.3 Å². The summed E-state index contributed by atoms with van der Waals surface area (Å²) in [6.45, 7) is 6.52. The lowest BCUT2D eigenvalue weighted by Gasteiger charge is -2.36. The number of rotatable bonds is 4. The van der Waals surface area contributed by atoms with Crippen LogP contribution in [0.2, 0.25) is 0 Å². The van der Waals surface area contributed by atoms with Crippen LogP contribution < -0.4 is 0 Å². The number of benzene rings is 1. The Labute approximate surface area is 161 Å². The number of carbonyl (C=O) groups excluding carboxylic acids is 1. The molecule has 6 heteroatoms. The van der Waals surface area contributed by atoms with E-state index >= 15 is 0 Å². The minimum absolute atomic E-state index is 0.194. The number of carbonyl (C=O) groups is 1. The van der Waals surface area contributed by atoms with Crippen LogP contribution in [0.25, 0.3) is 11.0 Å². The van der Waals surface area contributed by atoms with Gasteiger partial charge in [-0.15, -0.1) is 0 Å². The zero-order valence-corrected chi connectivity index (χ0v) is 16.6. The van der Waals surface area contributed by atoms with Gasteiger partial charge in [-0.1, -0.05) is 12.1 Å². The van der Waals surface area contributed by atoms with Crippen LogP contribution in [0.3, 0.4) is 0 Å². The van der Waals surface area contributed by atoms with E-state index in [1.54, 1.807) is 4.90 Å². The molecule has 3 saturated heterocycles. The lowest BCUT2D eigenvalue weighted by Crippen LogP contribution is -2.44. The molecule has 0 saturated carbocycles. The predicted molar refractivity (Wildman–Crippen MR) is 106 cm³/mol. The number of aryl methyl sites for hydroxylation is 1. The van der Waals surface area contributed by atoms with Crippen molar-refractivity contribution < 1.29 is 4.79 Å². The first-order valence-electron chi connectivity index (χ1n) is 9.88. The standard InChI is InChI=1S/C21H29N5O/c1-15-20(23-19-7-5-4-6-18(19)22-15)13-26-11-16-8-9-17(26)12-25(10-16)14-21(27)24(2)3/h4-7,16-17H,8-14H2,1-3H3/t16-,17+/m1/s1. The number of hydrogen-bond donors (Lipinski definition) is 0. The van der Waals surface area contributed by atoms with E-state index in [-0.39, 0.29) is 5.91 Å². The Balaban J connectivity index is 1.50. The Morgan fingerprint density at radius 3 is 2.59 bits per heavy atom. The smallest absolute Gasteiger partial charge is 0.236 e. The second-order valence-electron chi connectivity index (χ2n) is 8.25. The van der Waals surface area contributed by atoms with E-state index < -0.39 is 0 Å². The van der Waals surface area contributed by atoms with E-state index in [0.717, 1.165) is 48.6 Å². The normalized spacial score (nSPS) is 23.5. The van der Waals surface area contributed by atoms with Crippen molar-refractivity contribution >= 4 is 16.9 Å². The second kappa shape index (κ2) is 7.52. The molecule has 3 aliphatic rings. The molecular formula is C21H29N5O. The fourth-order valence-electron chi connectivity index (χ4n) is 4.40. The fraction of sp³-hybridized carbons (Fsp3) is 0.571. The molecule has 2 atom stereocenters. The lowest BCUT2D eigenvalue weighted by atomic mass is 9.95. The highest BCUT2D eigenvalue weighted by molar-refractivity contribution is 5.77. The highest BCUT2D eigenvalue weighted by Gasteiger charge is 2.35. The van der Waals surface area contributed by atoms with Crippen molar-refractivity contribution in [2.75, 3.05) is 40.3 Å². The van der Waals surface area contributed by atoms with Crippen LogP contribution in [0, 0.1) is 12.8 Å². The van der Waals surface area contributed by atoms with Crippen molar-refractivity contribution in [1.29, 1.82) is 0 Å². The Bertz CT molecular complexity index is 836. The van der Waals surface area contributed by atoms with Gasteiger partial charge in [-0.05, 0) is 37.8 Å². The van der Waals surface area contributed by atoms with Crippen LogP contribution in [-0.2, 0) is 11.3 Å². The summed E-state index contributed by atoms with van der Waals surface area (Å²) in [5.74, 6) is 0.825. The average Bonchev–Trinajstić information content (AvgIpc) is 2.92. The van der Waals surface area contributed by atoms with Gasteiger partial charge in [0.05, 0.1) is 29.0 Å². The number of likely N-dealkylation sites (N-methyl/N-ethyl adjacent to an activating group) is 1. The van der Waals surface area contributed by atoms with Gasteiger partial charge in [0.25, 0.3) is 0 Å². The van der Waals surface area contributed by atoms with Gasteiger partial charge in [-0.3, -0.25) is 14.6 Å². The predicted octanol–water partition coefficient (Wildman–Crippen LogP) is 1.92. The number of piperidine rings is 1. The summed E-state index contributed by atoms with van der Waals surface area (Å²) >= 11 is 0. The van der Waals surface area contributed by atoms with Gasteiger partial charge in [-0.25, -0.2) is 9.97 Å². The third kappa shape index (κ3) is 3.96. The van der Waals surface area contributed by atoms with Crippen LogP contribution >= 0.6 is 0 Å². The third-order valence-electron chi connectivity index (χ3n) is 5.96. The highest BCUT2D eigenvalue weighted by atomic mass is 16.2. The lowest BCUT2D eigenvalue weighted by molar-refractivity contribution is -0.130. The summed E-state index contributed by atoms with van der Waals surface area (Å²) in [5.41, 5.74) is 4.03. The van der Waals surface area contributed by atoms with Crippen molar-refractivity contribution in [3.63, 3.8) is 0 Å². The molecule has 4 heterocycles. The van der Waals surface area contributed by atoms with Crippen LogP contribution in [0.5, 0.6) is 0 Å². The Kier molecular flexibility index (Phi) is 5.10. The first kappa shape index (κ1) is 18.3. The van der Waals surface area contributed by atoms with E-state index in [0.29, 0.717) is 18.5 Å². The zero-order chi connectivity index (χ0) is 19.0. The molecule has 144 valence electrons. The molecule has 1 aromatic heterocycles. The molecule has 3 fully saturated rings. The largest absolute Gasteiger partial charge is 0.348 e. The van der Waals surface area contributed by atoms with Gasteiger partial charge in [0.2, 0.25) is 5.91 Å². The molecule has 27 heavy (non-hydrogen) atoms. The molecule has 6 nitrogen and oxygen atoms in total. The molecule has 3 aliphatic heterocycles. The monoisotopic (exact) mass is 367 g/mol. The number of nitrogens with zero attached hydrogens (tertiary/aromatic N) is 5. The molecule has 0 spiro atoms. The van der Waals surface area contributed by atoms with E-state index in [4.69, 9.17) is 9.97 Å². The van der Waals surface area contributed by atoms with Gasteiger partial charge in [0.1, 0.15) is 0 Å². The molecule has 0 unspecified atom stereocenters. The summed E-state index contributed by atoms with van der Waals surface area (Å²) < 4.78 is 0. The molecule has 2 bridgehead atoms. The zero-order valence-electron chi connectivity index (χ0n) is 16.6. The molecule has 0 N–H and O–H groups in total. The third-order valence-corrected chi connectivity index (χ3v) is 5.96. The van der Waals surface area contributed by atoms with Gasteiger partial charge in [0.15, 0.2) is 0 Å². The minimum Gasteiger partial charge on any atom is -0.348 e. The molecule has 5 rings (SSSR count). The molecule has 0 aliphatic carbocycles. The quantitative estimate of drug-likeness (QED) is 0.826. The highest BCUT2D eigenvalue weighted by Crippen LogP contribution is 2.29. The fourth-order valence-corrected chi connectivity index (χ4v) is 4.40. The van der Waals surface area contributed by atoms with Crippen LogP contribution in [-0.4, -0.2) is 76.9 Å². The maximum atomic E-state index is 12.2. The van der Waals surface area contributed by atoms with Crippen molar-refractivity contribution in [3.8, 4) is 0 Å². The summed E-state index contributed by atoms with van der Waals surface area (Å²) in [5, 5.41) is 0. The number of aromatic nitrogens is 2. The molecular weight excluding hydrogens is 338 g/mol. The molecule has 2 aromatic rings. The Hall–Kier alpha value is -2.05. The molecule has 1 aromatic carbocycles. The van der Waals surface area contributed by atoms with Gasteiger partial charge < -0.3 is 4.90 Å². The summed E-state index contributed by atoms with van der Waals surface area (Å²) in [6, 6.07) is 8.57. The molecule has 0 radical (unpaired) electrons. The first-order chi connectivity index (χ1) is 13.0. The number of para-hydroxylation sites is 2. The SMILES string of the molecule is Cc1nc2ccccc2nc1CN1C[C@@H]2CC[C@H]1CN(CC(=O)N(C)C)C2. The molecule has 1 amide bonds. The average molecular weight is 367 g/mol. The number of amides is 1. The van der Waals surface area contributed by atoms with Crippen molar-refractivity contribution in [2.24, 2.45) is 5.92 Å². The maximum absolute atomic E-state index is 12.2. The summed E-state index contributed by atoms with van der Waals surface area (Å²) in [7, 11) is 3.67. The Morgan fingerprint density at radius 1 is 1.11 bits per heavy atom. The van der Waals surface area contributed by atoms with Gasteiger partial charge >= 0.3 is 0 Å². The van der Waals surface area contributed by atoms with Gasteiger partial charge in [0, 0.05) is 46.3 Å². The summed E-state index contributed by atoms with van der Waals surface area (Å²) in [6.07, 6.45) is 2.47. The second-order valence-corrected chi connectivity index (χ2v) is 8.25. The topological polar surface area (TPSA) is 52.6 Å². The maximum Gasteiger partial charge on any atom is 0.236 e. The van der Waals surface area contributed by atoms with E-state index in [1.807, 2.05) is 38.4 Å². The first-order valence-corrected chi connectivity index (χ1v) is 9.88. The van der Waals surface area contributed by atoms with Crippen LogP contribution in [0.4, 0.5) is 0 Å². The minimum atomic E-state index is 0.194. The summed E-state index contributed by atoms with van der Waals surface area (Å²) in [4.78, 5) is 28.4. The number of fused-ring (bicyclic) bond motifs is 5. The van der Waals surface area contributed by atoms with E-state index in [2.05, 4.69) is 16.7 Å². The van der Waals surface area contributed by atoms with Crippen molar-refractivity contribution in [3.05, 3.63) is 35.7 Å². The van der Waals surface area contributed by atoms with E-state index in [1.165, 1.54) is 12.8 Å². The van der Waals surface area contributed by atoms with Crippen molar-refractivity contribution in [1.82, 2.24) is 24.7 Å². The van der Waals surface area contributed by atoms with Crippen molar-refractivity contribution in [2.45, 2.75) is 32.4 Å². The van der Waals surface area contributed by atoms with Gasteiger partial charge in [-0.2, -0.15) is 0 Å². The Morgan fingerprint density at radius 2 is 1.85 bits per heavy atom. The van der Waals surface area contributed by atoms with Crippen LogP contribution in [0.1, 0.15) is 24.2 Å². The number of hydrogen-bond acceptors (Lipinski definition) is 5. The van der Waals surface area contributed by atoms with E-state index in [9.17, 15) is 4.79 Å².